The van der Waals surface area contributed by atoms with Crippen molar-refractivity contribution in [3.05, 3.63) is 72.1 Å². The van der Waals surface area contributed by atoms with Crippen LogP contribution in [0.3, 0.4) is 0 Å². The first kappa shape index (κ1) is 20.7. The Morgan fingerprint density at radius 1 is 1.03 bits per heavy atom. The zero-order chi connectivity index (χ0) is 22.9. The van der Waals surface area contributed by atoms with Gasteiger partial charge in [-0.15, -0.1) is 15.3 Å². The largest absolute Gasteiger partial charge is 0.493 e. The van der Waals surface area contributed by atoms with E-state index in [-0.39, 0.29) is 11.8 Å². The van der Waals surface area contributed by atoms with Gasteiger partial charge < -0.3 is 15.0 Å². The summed E-state index contributed by atoms with van der Waals surface area (Å²) in [6.07, 6.45) is 4.20. The molecule has 0 aliphatic carbocycles. The van der Waals surface area contributed by atoms with Crippen LogP contribution < -0.4 is 15.0 Å². The van der Waals surface area contributed by atoms with Gasteiger partial charge in [0.25, 0.3) is 0 Å². The molecule has 0 spiro atoms. The number of benzene rings is 2. The maximum atomic E-state index is 12.8. The number of nitrogens with zero attached hydrogens (tertiary/aromatic N) is 5. The van der Waals surface area contributed by atoms with Crippen molar-refractivity contribution in [2.75, 3.05) is 24.6 Å². The summed E-state index contributed by atoms with van der Waals surface area (Å²) >= 11 is 0. The molecule has 6 rings (SSSR count). The minimum Gasteiger partial charge on any atom is -0.493 e. The van der Waals surface area contributed by atoms with E-state index in [1.165, 1.54) is 16.7 Å². The number of nitrogens with one attached hydrogen (secondary N) is 1. The molecule has 0 unspecified atom stereocenters. The topological polar surface area (TPSA) is 84.6 Å². The van der Waals surface area contributed by atoms with Crippen LogP contribution in [0.5, 0.6) is 5.75 Å². The van der Waals surface area contributed by atoms with Crippen LogP contribution in [-0.2, 0) is 17.8 Å². The molecule has 0 saturated carbocycles. The first-order valence-corrected chi connectivity index (χ1v) is 11.8. The van der Waals surface area contributed by atoms with Crippen LogP contribution in [0.4, 0.5) is 5.82 Å². The second-order valence-corrected chi connectivity index (χ2v) is 8.92. The molecule has 0 bridgehead atoms. The summed E-state index contributed by atoms with van der Waals surface area (Å²) in [5.74, 6) is 2.05. The van der Waals surface area contributed by atoms with E-state index >= 15 is 0 Å². The van der Waals surface area contributed by atoms with E-state index in [4.69, 9.17) is 4.74 Å². The summed E-state index contributed by atoms with van der Waals surface area (Å²) < 4.78 is 7.28. The third kappa shape index (κ3) is 4.07. The predicted octanol–water partition coefficient (Wildman–Crippen LogP) is 3.26. The molecule has 8 nitrogen and oxygen atoms in total. The number of ether oxygens (including phenoxy) is 1. The lowest BCUT2D eigenvalue weighted by Gasteiger charge is -2.32. The highest BCUT2D eigenvalue weighted by molar-refractivity contribution is 5.79. The maximum absolute atomic E-state index is 12.8. The fourth-order valence-corrected chi connectivity index (χ4v) is 4.77. The Hall–Kier alpha value is -3.94. The Labute approximate surface area is 197 Å². The normalized spacial score (nSPS) is 15.8. The number of rotatable bonds is 5. The maximum Gasteiger partial charge on any atom is 0.223 e. The number of hydrogen-bond acceptors (Lipinski definition) is 6. The van der Waals surface area contributed by atoms with Gasteiger partial charge in [0.1, 0.15) is 17.9 Å². The number of hydrogen-bond donors (Lipinski definition) is 1. The van der Waals surface area contributed by atoms with Gasteiger partial charge in [-0.1, -0.05) is 30.3 Å². The van der Waals surface area contributed by atoms with Crippen molar-refractivity contribution in [1.82, 2.24) is 25.1 Å². The quantitative estimate of drug-likeness (QED) is 0.498. The molecule has 2 aromatic heterocycles. The molecule has 172 valence electrons. The number of carbonyl (C=O) groups is 1. The van der Waals surface area contributed by atoms with Crippen LogP contribution in [0.1, 0.15) is 24.0 Å². The van der Waals surface area contributed by atoms with E-state index in [0.717, 1.165) is 61.7 Å². The number of amides is 1. The molecule has 1 N–H and O–H groups in total. The molecule has 8 heteroatoms. The summed E-state index contributed by atoms with van der Waals surface area (Å²) in [5, 5.41) is 15.6. The molecule has 0 atom stereocenters. The summed E-state index contributed by atoms with van der Waals surface area (Å²) in [6, 6.07) is 18.7. The van der Waals surface area contributed by atoms with Gasteiger partial charge in [-0.05, 0) is 59.4 Å². The van der Waals surface area contributed by atoms with E-state index in [9.17, 15) is 4.79 Å². The van der Waals surface area contributed by atoms with Gasteiger partial charge in [-0.3, -0.25) is 4.79 Å². The molecule has 4 heterocycles. The lowest BCUT2D eigenvalue weighted by molar-refractivity contribution is -0.125. The SMILES string of the molecule is O=C(NCc1ccc(-c2ccc3c(c2)CCO3)cc1)C1CCN(c2ccc3nncn3n2)CC1. The van der Waals surface area contributed by atoms with Crippen molar-refractivity contribution >= 4 is 17.4 Å². The Morgan fingerprint density at radius 2 is 1.85 bits per heavy atom. The summed E-state index contributed by atoms with van der Waals surface area (Å²) in [6.45, 7) is 2.92. The van der Waals surface area contributed by atoms with Crippen LogP contribution >= 0.6 is 0 Å². The highest BCUT2D eigenvalue weighted by Gasteiger charge is 2.25. The van der Waals surface area contributed by atoms with Gasteiger partial charge in [0, 0.05) is 32.0 Å². The molecule has 0 radical (unpaired) electrons. The van der Waals surface area contributed by atoms with Crippen molar-refractivity contribution in [3.63, 3.8) is 0 Å². The minimum absolute atomic E-state index is 0.0304. The molecule has 4 aromatic rings. The van der Waals surface area contributed by atoms with Crippen LogP contribution in [0, 0.1) is 5.92 Å². The van der Waals surface area contributed by atoms with Crippen molar-refractivity contribution in [2.45, 2.75) is 25.8 Å². The van der Waals surface area contributed by atoms with Crippen LogP contribution in [0.2, 0.25) is 0 Å². The minimum atomic E-state index is 0.0304. The first-order valence-electron chi connectivity index (χ1n) is 11.8. The predicted molar refractivity (Wildman–Crippen MR) is 129 cm³/mol. The van der Waals surface area contributed by atoms with Gasteiger partial charge in [0.2, 0.25) is 5.91 Å². The average molecular weight is 455 g/mol. The third-order valence-corrected chi connectivity index (χ3v) is 6.78. The first-order chi connectivity index (χ1) is 16.7. The highest BCUT2D eigenvalue weighted by Crippen LogP contribution is 2.30. The molecule has 34 heavy (non-hydrogen) atoms. The average Bonchev–Trinajstić information content (AvgIpc) is 3.56. The van der Waals surface area contributed by atoms with E-state index in [1.54, 1.807) is 10.8 Å². The molecule has 2 aliphatic rings. The number of aromatic nitrogens is 4. The second kappa shape index (κ2) is 8.78. The van der Waals surface area contributed by atoms with Gasteiger partial charge in [-0.25, -0.2) is 0 Å². The van der Waals surface area contributed by atoms with Gasteiger partial charge in [0.05, 0.1) is 6.61 Å². The molecule has 1 amide bonds. The molecule has 1 saturated heterocycles. The summed E-state index contributed by atoms with van der Waals surface area (Å²) in [5.41, 5.74) is 5.48. The van der Waals surface area contributed by atoms with Crippen molar-refractivity contribution in [2.24, 2.45) is 5.92 Å². The van der Waals surface area contributed by atoms with Gasteiger partial charge in [-0.2, -0.15) is 4.52 Å². The Balaban J connectivity index is 1.02. The molecule has 2 aromatic carbocycles. The Kier molecular flexibility index (Phi) is 5.33. The van der Waals surface area contributed by atoms with E-state index in [2.05, 4.69) is 68.0 Å². The zero-order valence-electron chi connectivity index (χ0n) is 18.9. The number of carbonyl (C=O) groups excluding carboxylic acids is 1. The van der Waals surface area contributed by atoms with Crippen LogP contribution in [0.25, 0.3) is 16.8 Å². The molecule has 2 aliphatic heterocycles. The van der Waals surface area contributed by atoms with Crippen molar-refractivity contribution in [1.29, 1.82) is 0 Å². The lowest BCUT2D eigenvalue weighted by Crippen LogP contribution is -2.40. The molecule has 1 fully saturated rings. The lowest BCUT2D eigenvalue weighted by atomic mass is 9.95. The monoisotopic (exact) mass is 454 g/mol. The second-order valence-electron chi connectivity index (χ2n) is 8.92. The zero-order valence-corrected chi connectivity index (χ0v) is 18.9. The van der Waals surface area contributed by atoms with Gasteiger partial charge in [0.15, 0.2) is 5.65 Å². The van der Waals surface area contributed by atoms with E-state index < -0.39 is 0 Å². The van der Waals surface area contributed by atoms with Crippen LogP contribution in [0.15, 0.2) is 60.9 Å². The standard InChI is InChI=1S/C26H26N6O2/c33-26(20-9-12-31(13-10-20)25-8-7-24-29-28-17-32(24)30-25)27-16-18-1-3-19(4-2-18)21-5-6-23-22(15-21)11-14-34-23/h1-8,15,17,20H,9-14,16H2,(H,27,33). The van der Waals surface area contributed by atoms with Crippen molar-refractivity contribution in [3.8, 4) is 16.9 Å². The molecular formula is C26H26N6O2. The number of fused-ring (bicyclic) bond motifs is 2. The summed E-state index contributed by atoms with van der Waals surface area (Å²) in [4.78, 5) is 15.0. The van der Waals surface area contributed by atoms with Crippen LogP contribution in [-0.4, -0.2) is 45.4 Å². The van der Waals surface area contributed by atoms with E-state index in [1.807, 2.05) is 12.1 Å². The molecular weight excluding hydrogens is 428 g/mol. The Morgan fingerprint density at radius 3 is 2.71 bits per heavy atom. The Bertz CT molecular complexity index is 1320. The summed E-state index contributed by atoms with van der Waals surface area (Å²) in [7, 11) is 0. The van der Waals surface area contributed by atoms with E-state index in [0.29, 0.717) is 6.54 Å². The highest BCUT2D eigenvalue weighted by atomic mass is 16.5. The fraction of sp³-hybridized carbons (Fsp3) is 0.308. The number of anilines is 1. The van der Waals surface area contributed by atoms with Gasteiger partial charge >= 0.3 is 0 Å². The number of piperidine rings is 1. The fourth-order valence-electron chi connectivity index (χ4n) is 4.77. The third-order valence-electron chi connectivity index (χ3n) is 6.78. The van der Waals surface area contributed by atoms with Crippen molar-refractivity contribution < 1.29 is 9.53 Å². The smallest absolute Gasteiger partial charge is 0.223 e.